The van der Waals surface area contributed by atoms with Gasteiger partial charge in [-0.15, -0.1) is 0 Å². The fraction of sp³-hybridized carbons (Fsp3) is 0.400. The van der Waals surface area contributed by atoms with E-state index in [-0.39, 0.29) is 0 Å². The highest BCUT2D eigenvalue weighted by atomic mass is 127. The Balaban J connectivity index is 2.10. The van der Waals surface area contributed by atoms with Gasteiger partial charge in [0.05, 0.1) is 0 Å². The van der Waals surface area contributed by atoms with Gasteiger partial charge in [0.15, 0.2) is 0 Å². The van der Waals surface area contributed by atoms with Gasteiger partial charge < -0.3 is 5.32 Å². The van der Waals surface area contributed by atoms with Gasteiger partial charge in [-0.25, -0.2) is 0 Å². The molecule has 1 heterocycles. The molecule has 1 atom stereocenters. The standard InChI is InChI=1S/C10H11ClIN/c11-9-3-1-7(2-4-9)10(12)8-5-13-6-8/h1-4,8,10,13H,5-6H2. The molecule has 13 heavy (non-hydrogen) atoms. The monoisotopic (exact) mass is 307 g/mol. The number of hydrogen-bond donors (Lipinski definition) is 1. The molecule has 3 heteroatoms. The summed E-state index contributed by atoms with van der Waals surface area (Å²) in [6.07, 6.45) is 0. The first-order chi connectivity index (χ1) is 6.27. The van der Waals surface area contributed by atoms with E-state index in [9.17, 15) is 0 Å². The van der Waals surface area contributed by atoms with Crippen LogP contribution in [0.5, 0.6) is 0 Å². The first-order valence-electron chi connectivity index (χ1n) is 4.37. The summed E-state index contributed by atoms with van der Waals surface area (Å²) in [6, 6.07) is 8.18. The van der Waals surface area contributed by atoms with E-state index in [2.05, 4.69) is 40.0 Å². The minimum absolute atomic E-state index is 0.621. The topological polar surface area (TPSA) is 12.0 Å². The quantitative estimate of drug-likeness (QED) is 0.654. The molecule has 1 aliphatic rings. The van der Waals surface area contributed by atoms with Crippen LogP contribution in [0.15, 0.2) is 24.3 Å². The van der Waals surface area contributed by atoms with Gasteiger partial charge in [-0.05, 0) is 23.6 Å². The highest BCUT2D eigenvalue weighted by Gasteiger charge is 2.25. The zero-order chi connectivity index (χ0) is 9.26. The van der Waals surface area contributed by atoms with Gasteiger partial charge >= 0.3 is 0 Å². The maximum absolute atomic E-state index is 5.83. The molecule has 1 saturated heterocycles. The lowest BCUT2D eigenvalue weighted by Crippen LogP contribution is -2.43. The summed E-state index contributed by atoms with van der Waals surface area (Å²) >= 11 is 8.34. The van der Waals surface area contributed by atoms with Gasteiger partial charge in [0.2, 0.25) is 0 Å². The number of rotatable bonds is 2. The number of halogens is 2. The van der Waals surface area contributed by atoms with E-state index in [4.69, 9.17) is 11.6 Å². The lowest BCUT2D eigenvalue weighted by molar-refractivity contribution is 0.348. The van der Waals surface area contributed by atoms with Crippen LogP contribution in [0.4, 0.5) is 0 Å². The molecular weight excluding hydrogens is 296 g/mol. The summed E-state index contributed by atoms with van der Waals surface area (Å²) in [5.41, 5.74) is 1.39. The summed E-state index contributed by atoms with van der Waals surface area (Å²) in [5, 5.41) is 4.11. The van der Waals surface area contributed by atoms with E-state index in [1.165, 1.54) is 5.56 Å². The third-order valence-electron chi connectivity index (χ3n) is 2.42. The highest BCUT2D eigenvalue weighted by molar-refractivity contribution is 14.1. The van der Waals surface area contributed by atoms with Gasteiger partial charge in [-0.1, -0.05) is 46.3 Å². The molecule has 0 aliphatic carbocycles. The molecule has 1 aliphatic heterocycles. The second kappa shape index (κ2) is 4.15. The van der Waals surface area contributed by atoms with Crippen molar-refractivity contribution in [1.29, 1.82) is 0 Å². The van der Waals surface area contributed by atoms with Crippen LogP contribution in [0, 0.1) is 5.92 Å². The van der Waals surface area contributed by atoms with Crippen molar-refractivity contribution in [3.63, 3.8) is 0 Å². The third kappa shape index (κ3) is 2.17. The predicted octanol–water partition coefficient (Wildman–Crippen LogP) is 3.04. The van der Waals surface area contributed by atoms with Crippen LogP contribution in [-0.2, 0) is 0 Å². The summed E-state index contributed by atoms with van der Waals surface area (Å²) in [4.78, 5) is 0. The Morgan fingerprint density at radius 3 is 2.38 bits per heavy atom. The van der Waals surface area contributed by atoms with Crippen molar-refractivity contribution < 1.29 is 0 Å². The smallest absolute Gasteiger partial charge is 0.0412 e. The molecule has 0 aromatic heterocycles. The summed E-state index contributed by atoms with van der Waals surface area (Å²) in [5.74, 6) is 0.793. The molecule has 0 radical (unpaired) electrons. The molecular formula is C10H11ClIN. The number of nitrogens with one attached hydrogen (secondary N) is 1. The number of benzene rings is 1. The molecule has 70 valence electrons. The van der Waals surface area contributed by atoms with E-state index in [0.717, 1.165) is 24.0 Å². The molecule has 0 amide bonds. The average Bonchev–Trinajstić information content (AvgIpc) is 2.02. The van der Waals surface area contributed by atoms with Gasteiger partial charge in [0.1, 0.15) is 0 Å². The Hall–Kier alpha value is 0.200. The van der Waals surface area contributed by atoms with E-state index >= 15 is 0 Å². The lowest BCUT2D eigenvalue weighted by Gasteiger charge is -2.31. The zero-order valence-electron chi connectivity index (χ0n) is 7.13. The van der Waals surface area contributed by atoms with E-state index in [1.54, 1.807) is 0 Å². The van der Waals surface area contributed by atoms with Crippen LogP contribution in [-0.4, -0.2) is 13.1 Å². The zero-order valence-corrected chi connectivity index (χ0v) is 10.0. The SMILES string of the molecule is Clc1ccc(C(I)C2CNC2)cc1. The molecule has 0 saturated carbocycles. The largest absolute Gasteiger partial charge is 0.316 e. The Morgan fingerprint density at radius 1 is 1.31 bits per heavy atom. The number of alkyl halides is 1. The van der Waals surface area contributed by atoms with Crippen LogP contribution in [0.25, 0.3) is 0 Å². The molecule has 0 spiro atoms. The normalized spacial score (nSPS) is 19.5. The van der Waals surface area contributed by atoms with E-state index in [1.807, 2.05) is 12.1 Å². The molecule has 0 bridgehead atoms. The van der Waals surface area contributed by atoms with Crippen molar-refractivity contribution in [1.82, 2.24) is 5.32 Å². The minimum Gasteiger partial charge on any atom is -0.316 e. The maximum atomic E-state index is 5.83. The van der Waals surface area contributed by atoms with E-state index in [0.29, 0.717) is 3.92 Å². The molecule has 1 N–H and O–H groups in total. The van der Waals surface area contributed by atoms with Crippen LogP contribution in [0.1, 0.15) is 9.49 Å². The Morgan fingerprint density at radius 2 is 1.92 bits per heavy atom. The Labute approximate surface area is 97.0 Å². The van der Waals surface area contributed by atoms with Gasteiger partial charge in [0, 0.05) is 22.0 Å². The fourth-order valence-electron chi connectivity index (χ4n) is 1.44. The lowest BCUT2D eigenvalue weighted by atomic mass is 9.94. The van der Waals surface area contributed by atoms with Crippen LogP contribution in [0.2, 0.25) is 5.02 Å². The fourth-order valence-corrected chi connectivity index (χ4v) is 2.49. The van der Waals surface area contributed by atoms with Gasteiger partial charge in [-0.3, -0.25) is 0 Å². The Kier molecular flexibility index (Phi) is 3.11. The summed E-state index contributed by atoms with van der Waals surface area (Å²) in [7, 11) is 0. The number of hydrogen-bond acceptors (Lipinski definition) is 1. The van der Waals surface area contributed by atoms with Crippen LogP contribution < -0.4 is 5.32 Å². The van der Waals surface area contributed by atoms with Crippen molar-refractivity contribution in [3.05, 3.63) is 34.9 Å². The van der Waals surface area contributed by atoms with Crippen molar-refractivity contribution in [2.75, 3.05) is 13.1 Å². The van der Waals surface area contributed by atoms with Gasteiger partial charge in [-0.2, -0.15) is 0 Å². The van der Waals surface area contributed by atoms with E-state index < -0.39 is 0 Å². The molecule has 1 aromatic carbocycles. The third-order valence-corrected chi connectivity index (χ3v) is 4.40. The first-order valence-corrected chi connectivity index (χ1v) is 6.00. The molecule has 1 unspecified atom stereocenters. The van der Waals surface area contributed by atoms with Gasteiger partial charge in [0.25, 0.3) is 0 Å². The first kappa shape index (κ1) is 9.74. The van der Waals surface area contributed by atoms with Crippen molar-refractivity contribution in [2.24, 2.45) is 5.92 Å². The second-order valence-electron chi connectivity index (χ2n) is 3.37. The average molecular weight is 308 g/mol. The van der Waals surface area contributed by atoms with Crippen LogP contribution in [0.3, 0.4) is 0 Å². The minimum atomic E-state index is 0.621. The predicted molar refractivity (Wildman–Crippen MR) is 64.6 cm³/mol. The molecule has 2 rings (SSSR count). The Bertz CT molecular complexity index is 281. The maximum Gasteiger partial charge on any atom is 0.0412 e. The van der Waals surface area contributed by atoms with Crippen molar-refractivity contribution in [3.8, 4) is 0 Å². The highest BCUT2D eigenvalue weighted by Crippen LogP contribution is 2.34. The van der Waals surface area contributed by atoms with Crippen molar-refractivity contribution in [2.45, 2.75) is 3.92 Å². The van der Waals surface area contributed by atoms with Crippen molar-refractivity contribution >= 4 is 34.2 Å². The summed E-state index contributed by atoms with van der Waals surface area (Å²) in [6.45, 7) is 2.30. The molecule has 1 aromatic rings. The second-order valence-corrected chi connectivity index (χ2v) is 5.15. The molecule has 1 fully saturated rings. The summed E-state index contributed by atoms with van der Waals surface area (Å²) < 4.78 is 0.621. The van der Waals surface area contributed by atoms with Crippen LogP contribution >= 0.6 is 34.2 Å². The molecule has 1 nitrogen and oxygen atoms in total.